The maximum absolute atomic E-state index is 11.7. The predicted molar refractivity (Wildman–Crippen MR) is 106 cm³/mol. The Hall–Kier alpha value is -3.22. The summed E-state index contributed by atoms with van der Waals surface area (Å²) in [7, 11) is 0. The van der Waals surface area contributed by atoms with Gasteiger partial charge in [0, 0.05) is 43.4 Å². The Morgan fingerprint density at radius 1 is 1.21 bits per heavy atom. The number of benzene rings is 1. The fourth-order valence-electron chi connectivity index (χ4n) is 3.21. The monoisotopic (exact) mass is 380 g/mol. The maximum atomic E-state index is 11.7. The van der Waals surface area contributed by atoms with Gasteiger partial charge in [-0.25, -0.2) is 4.98 Å². The molecule has 1 aromatic heterocycles. The summed E-state index contributed by atoms with van der Waals surface area (Å²) in [5.41, 5.74) is 1.54. The molecule has 2 aromatic rings. The van der Waals surface area contributed by atoms with Crippen molar-refractivity contribution in [3.8, 4) is 11.6 Å². The van der Waals surface area contributed by atoms with Crippen LogP contribution >= 0.6 is 0 Å². The standard InChI is InChI=1S/C21H24N4O3/c1-4-20(27)25-11-9-16(10-12-25)21-22-14(2)13-19(24-21)28-18-7-5-17(6-8-18)23-15(3)26/h4-8,13,16H,1,9-12H2,2-3H3,(H,23,26). The van der Waals surface area contributed by atoms with Gasteiger partial charge in [-0.3, -0.25) is 9.59 Å². The zero-order valence-electron chi connectivity index (χ0n) is 16.1. The smallest absolute Gasteiger partial charge is 0.245 e. The summed E-state index contributed by atoms with van der Waals surface area (Å²) in [6.45, 7) is 8.27. The van der Waals surface area contributed by atoms with Gasteiger partial charge >= 0.3 is 0 Å². The number of amides is 2. The van der Waals surface area contributed by atoms with E-state index < -0.39 is 0 Å². The van der Waals surface area contributed by atoms with Gasteiger partial charge in [0.15, 0.2) is 0 Å². The van der Waals surface area contributed by atoms with E-state index in [9.17, 15) is 9.59 Å². The Kier molecular flexibility index (Phi) is 6.03. The second-order valence-corrected chi connectivity index (χ2v) is 6.82. The molecule has 0 aliphatic carbocycles. The molecular formula is C21H24N4O3. The minimum atomic E-state index is -0.120. The lowest BCUT2D eigenvalue weighted by Crippen LogP contribution is -2.37. The van der Waals surface area contributed by atoms with Gasteiger partial charge in [-0.2, -0.15) is 4.98 Å². The Bertz CT molecular complexity index is 872. The van der Waals surface area contributed by atoms with E-state index in [2.05, 4.69) is 21.9 Å². The zero-order chi connectivity index (χ0) is 20.1. The SMILES string of the molecule is C=CC(=O)N1CCC(c2nc(C)cc(Oc3ccc(NC(C)=O)cc3)n2)CC1. The van der Waals surface area contributed by atoms with Crippen molar-refractivity contribution in [1.82, 2.24) is 14.9 Å². The molecule has 1 saturated heterocycles. The zero-order valence-corrected chi connectivity index (χ0v) is 16.1. The van der Waals surface area contributed by atoms with E-state index in [-0.39, 0.29) is 17.7 Å². The van der Waals surface area contributed by atoms with Crippen molar-refractivity contribution in [2.75, 3.05) is 18.4 Å². The summed E-state index contributed by atoms with van der Waals surface area (Å²) in [6.07, 6.45) is 2.98. The average Bonchev–Trinajstić information content (AvgIpc) is 2.68. The molecule has 0 spiro atoms. The van der Waals surface area contributed by atoms with Crippen molar-refractivity contribution in [2.45, 2.75) is 32.6 Å². The molecule has 28 heavy (non-hydrogen) atoms. The van der Waals surface area contributed by atoms with E-state index >= 15 is 0 Å². The van der Waals surface area contributed by atoms with E-state index in [1.807, 2.05) is 6.92 Å². The summed E-state index contributed by atoms with van der Waals surface area (Å²) in [6, 6.07) is 8.90. The summed E-state index contributed by atoms with van der Waals surface area (Å²) in [5, 5.41) is 2.72. The predicted octanol–water partition coefficient (Wildman–Crippen LogP) is 3.43. The first-order valence-corrected chi connectivity index (χ1v) is 9.27. The van der Waals surface area contributed by atoms with Gasteiger partial charge in [0.2, 0.25) is 17.7 Å². The van der Waals surface area contributed by atoms with Crippen LogP contribution in [0.1, 0.15) is 37.2 Å². The Morgan fingerprint density at radius 3 is 2.50 bits per heavy atom. The molecular weight excluding hydrogens is 356 g/mol. The molecule has 146 valence electrons. The van der Waals surface area contributed by atoms with Crippen LogP contribution in [0, 0.1) is 6.92 Å². The first-order valence-electron chi connectivity index (χ1n) is 9.27. The number of aryl methyl sites for hydroxylation is 1. The van der Waals surface area contributed by atoms with Crippen molar-refractivity contribution in [1.29, 1.82) is 0 Å². The number of ether oxygens (including phenoxy) is 1. The largest absolute Gasteiger partial charge is 0.439 e. The van der Waals surface area contributed by atoms with E-state index in [0.717, 1.165) is 24.4 Å². The minimum Gasteiger partial charge on any atom is -0.439 e. The number of anilines is 1. The number of hydrogen-bond donors (Lipinski definition) is 1. The van der Waals surface area contributed by atoms with Crippen LogP contribution in [0.25, 0.3) is 0 Å². The highest BCUT2D eigenvalue weighted by Crippen LogP contribution is 2.29. The van der Waals surface area contributed by atoms with Crippen LogP contribution in [0.5, 0.6) is 11.6 Å². The van der Waals surface area contributed by atoms with Crippen LogP contribution in [-0.4, -0.2) is 39.8 Å². The highest BCUT2D eigenvalue weighted by atomic mass is 16.5. The van der Waals surface area contributed by atoms with Gasteiger partial charge in [-0.15, -0.1) is 0 Å². The van der Waals surface area contributed by atoms with Crippen molar-refractivity contribution in [3.05, 3.63) is 54.5 Å². The Labute approximate surface area is 164 Å². The fourth-order valence-corrected chi connectivity index (χ4v) is 3.21. The average molecular weight is 380 g/mol. The van der Waals surface area contributed by atoms with Crippen LogP contribution in [0.15, 0.2) is 43.0 Å². The molecule has 2 heterocycles. The van der Waals surface area contributed by atoms with E-state index in [4.69, 9.17) is 4.74 Å². The van der Waals surface area contributed by atoms with Gasteiger partial charge in [-0.05, 0) is 50.1 Å². The molecule has 1 aliphatic heterocycles. The van der Waals surface area contributed by atoms with E-state index in [0.29, 0.717) is 30.4 Å². The Balaban J connectivity index is 1.69. The van der Waals surface area contributed by atoms with Crippen LogP contribution < -0.4 is 10.1 Å². The quantitative estimate of drug-likeness (QED) is 0.804. The fraction of sp³-hybridized carbons (Fsp3) is 0.333. The molecule has 0 saturated carbocycles. The number of carbonyl (C=O) groups is 2. The summed E-state index contributed by atoms with van der Waals surface area (Å²) < 4.78 is 5.89. The lowest BCUT2D eigenvalue weighted by molar-refractivity contribution is -0.127. The van der Waals surface area contributed by atoms with E-state index in [1.54, 1.807) is 35.2 Å². The van der Waals surface area contributed by atoms with Crippen molar-refractivity contribution in [3.63, 3.8) is 0 Å². The van der Waals surface area contributed by atoms with Crippen molar-refractivity contribution >= 4 is 17.5 Å². The lowest BCUT2D eigenvalue weighted by Gasteiger charge is -2.30. The number of aromatic nitrogens is 2. The number of carbonyl (C=O) groups excluding carboxylic acids is 2. The molecule has 0 bridgehead atoms. The maximum Gasteiger partial charge on any atom is 0.245 e. The molecule has 7 nitrogen and oxygen atoms in total. The first kappa shape index (κ1) is 19.5. The van der Waals surface area contributed by atoms with Gasteiger partial charge < -0.3 is 15.0 Å². The normalized spacial score (nSPS) is 14.4. The molecule has 1 aliphatic rings. The summed E-state index contributed by atoms with van der Waals surface area (Å²) in [5.74, 6) is 1.90. The van der Waals surface area contributed by atoms with Crippen LogP contribution in [0.3, 0.4) is 0 Å². The molecule has 1 fully saturated rings. The second-order valence-electron chi connectivity index (χ2n) is 6.82. The number of piperidine rings is 1. The minimum absolute atomic E-state index is 0.0321. The number of likely N-dealkylation sites (tertiary alicyclic amines) is 1. The number of hydrogen-bond acceptors (Lipinski definition) is 5. The van der Waals surface area contributed by atoms with Crippen LogP contribution in [-0.2, 0) is 9.59 Å². The molecule has 1 N–H and O–H groups in total. The van der Waals surface area contributed by atoms with Gasteiger partial charge in [0.25, 0.3) is 0 Å². The van der Waals surface area contributed by atoms with Gasteiger partial charge in [0.1, 0.15) is 11.6 Å². The van der Waals surface area contributed by atoms with Gasteiger partial charge in [-0.1, -0.05) is 6.58 Å². The summed E-state index contributed by atoms with van der Waals surface area (Å²) >= 11 is 0. The number of nitrogens with one attached hydrogen (secondary N) is 1. The first-order chi connectivity index (χ1) is 13.4. The van der Waals surface area contributed by atoms with Crippen LogP contribution in [0.4, 0.5) is 5.69 Å². The molecule has 2 amide bonds. The molecule has 3 rings (SSSR count). The third-order valence-electron chi connectivity index (χ3n) is 4.59. The number of rotatable bonds is 5. The highest BCUT2D eigenvalue weighted by molar-refractivity contribution is 5.88. The second kappa shape index (κ2) is 8.65. The van der Waals surface area contributed by atoms with E-state index in [1.165, 1.54) is 13.0 Å². The van der Waals surface area contributed by atoms with Crippen LogP contribution in [0.2, 0.25) is 0 Å². The Morgan fingerprint density at radius 2 is 1.89 bits per heavy atom. The molecule has 0 radical (unpaired) electrons. The van der Waals surface area contributed by atoms with Gasteiger partial charge in [0.05, 0.1) is 0 Å². The molecule has 1 aromatic carbocycles. The lowest BCUT2D eigenvalue weighted by atomic mass is 9.96. The summed E-state index contributed by atoms with van der Waals surface area (Å²) in [4.78, 5) is 33.8. The molecule has 0 unspecified atom stereocenters. The molecule has 0 atom stereocenters. The van der Waals surface area contributed by atoms with Crippen molar-refractivity contribution < 1.29 is 14.3 Å². The molecule has 7 heteroatoms. The number of nitrogens with zero attached hydrogens (tertiary/aromatic N) is 3. The highest BCUT2D eigenvalue weighted by Gasteiger charge is 2.25. The van der Waals surface area contributed by atoms with Crippen molar-refractivity contribution in [2.24, 2.45) is 0 Å². The third-order valence-corrected chi connectivity index (χ3v) is 4.59. The third kappa shape index (κ3) is 4.94. The topological polar surface area (TPSA) is 84.4 Å².